The molecule has 1 aromatic carbocycles. The van der Waals surface area contributed by atoms with Crippen LogP contribution in [0.25, 0.3) is 0 Å². The van der Waals surface area contributed by atoms with Crippen molar-refractivity contribution in [2.24, 2.45) is 4.99 Å². The number of amidine groups is 1. The number of amides is 1. The SMILES string of the molecule is CCn1nccc1C(=O)N1CC[C@@]2(C1)NCc1ccccc1NC2=NC1CCCC1. The highest BCUT2D eigenvalue weighted by molar-refractivity contribution is 6.05. The summed E-state index contributed by atoms with van der Waals surface area (Å²) >= 11 is 0. The van der Waals surface area contributed by atoms with Gasteiger partial charge in [0.1, 0.15) is 11.5 Å². The van der Waals surface area contributed by atoms with Gasteiger partial charge in [-0.05, 0) is 43.9 Å². The Bertz CT molecular complexity index is 960. The molecule has 1 aromatic heterocycles. The molecule has 158 valence electrons. The van der Waals surface area contributed by atoms with E-state index in [4.69, 9.17) is 4.99 Å². The predicted octanol–water partition coefficient (Wildman–Crippen LogP) is 3.04. The van der Waals surface area contributed by atoms with Crippen LogP contribution in [0.3, 0.4) is 0 Å². The maximum atomic E-state index is 13.2. The maximum Gasteiger partial charge on any atom is 0.272 e. The molecule has 2 N–H and O–H groups in total. The first-order valence-electron chi connectivity index (χ1n) is 11.2. The second-order valence-electron chi connectivity index (χ2n) is 8.64. The van der Waals surface area contributed by atoms with Crippen molar-refractivity contribution in [2.75, 3.05) is 18.4 Å². The van der Waals surface area contributed by atoms with Crippen molar-refractivity contribution >= 4 is 17.4 Å². The van der Waals surface area contributed by atoms with Gasteiger partial charge in [-0.2, -0.15) is 5.10 Å². The quantitative estimate of drug-likeness (QED) is 0.822. The number of carbonyl (C=O) groups excluding carboxylic acids is 1. The lowest BCUT2D eigenvalue weighted by Crippen LogP contribution is -2.55. The fourth-order valence-corrected chi connectivity index (χ4v) is 5.01. The first-order chi connectivity index (χ1) is 14.7. The molecule has 30 heavy (non-hydrogen) atoms. The Kier molecular flexibility index (Phi) is 5.06. The molecule has 5 rings (SSSR count). The number of para-hydroxylation sites is 1. The Morgan fingerprint density at radius 2 is 2.10 bits per heavy atom. The van der Waals surface area contributed by atoms with E-state index in [0.29, 0.717) is 31.4 Å². The summed E-state index contributed by atoms with van der Waals surface area (Å²) < 4.78 is 1.77. The number of likely N-dealkylation sites (tertiary alicyclic amines) is 1. The van der Waals surface area contributed by atoms with Gasteiger partial charge in [0.15, 0.2) is 0 Å². The third-order valence-corrected chi connectivity index (χ3v) is 6.77. The summed E-state index contributed by atoms with van der Waals surface area (Å²) in [5, 5.41) is 11.7. The van der Waals surface area contributed by atoms with Gasteiger partial charge in [-0.25, -0.2) is 0 Å². The first-order valence-corrected chi connectivity index (χ1v) is 11.2. The number of fused-ring (bicyclic) bond motifs is 1. The molecule has 1 aliphatic carbocycles. The maximum absolute atomic E-state index is 13.2. The van der Waals surface area contributed by atoms with E-state index in [9.17, 15) is 4.79 Å². The number of nitrogens with zero attached hydrogens (tertiary/aromatic N) is 4. The standard InChI is InChI=1S/C23H30N6O/c1-2-29-20(11-13-25-29)21(30)28-14-12-23(16-28)22(26-18-8-4-5-9-18)27-19-10-6-3-7-17(19)15-24-23/h3,6-7,10-11,13,18,24H,2,4-5,8-9,12,14-16H2,1H3,(H,26,27)/t23-/m0/s1. The van der Waals surface area contributed by atoms with Crippen molar-refractivity contribution in [3.05, 3.63) is 47.8 Å². The number of hydrogen-bond donors (Lipinski definition) is 2. The third kappa shape index (κ3) is 3.41. The normalized spacial score (nSPS) is 25.5. The van der Waals surface area contributed by atoms with Crippen LogP contribution in [-0.4, -0.2) is 51.1 Å². The summed E-state index contributed by atoms with van der Waals surface area (Å²) in [6.07, 6.45) is 7.37. The van der Waals surface area contributed by atoms with Crippen LogP contribution >= 0.6 is 0 Å². The second-order valence-corrected chi connectivity index (χ2v) is 8.64. The number of carbonyl (C=O) groups is 1. The van der Waals surface area contributed by atoms with Gasteiger partial charge in [0.05, 0.1) is 11.6 Å². The monoisotopic (exact) mass is 406 g/mol. The topological polar surface area (TPSA) is 74.6 Å². The minimum atomic E-state index is -0.339. The van der Waals surface area contributed by atoms with E-state index in [0.717, 1.165) is 37.3 Å². The molecule has 1 atom stereocenters. The lowest BCUT2D eigenvalue weighted by molar-refractivity contribution is 0.0773. The molecule has 1 spiro atoms. The highest BCUT2D eigenvalue weighted by Crippen LogP contribution is 2.32. The molecule has 1 saturated heterocycles. The lowest BCUT2D eigenvalue weighted by Gasteiger charge is -2.31. The largest absolute Gasteiger partial charge is 0.342 e. The van der Waals surface area contributed by atoms with Crippen molar-refractivity contribution in [3.8, 4) is 0 Å². The van der Waals surface area contributed by atoms with E-state index in [-0.39, 0.29) is 11.4 Å². The van der Waals surface area contributed by atoms with E-state index in [1.165, 1.54) is 18.4 Å². The van der Waals surface area contributed by atoms with Gasteiger partial charge >= 0.3 is 0 Å². The predicted molar refractivity (Wildman–Crippen MR) is 118 cm³/mol. The van der Waals surface area contributed by atoms with E-state index in [1.807, 2.05) is 17.9 Å². The van der Waals surface area contributed by atoms with Crippen LogP contribution in [0, 0.1) is 0 Å². The third-order valence-electron chi connectivity index (χ3n) is 6.77. The average molecular weight is 407 g/mol. The van der Waals surface area contributed by atoms with Gasteiger partial charge < -0.3 is 10.2 Å². The highest BCUT2D eigenvalue weighted by Gasteiger charge is 2.46. The Balaban J connectivity index is 1.45. The molecular weight excluding hydrogens is 376 g/mol. The van der Waals surface area contributed by atoms with E-state index < -0.39 is 0 Å². The van der Waals surface area contributed by atoms with Crippen LogP contribution in [0.15, 0.2) is 41.5 Å². The Labute approximate surface area is 177 Å². The summed E-state index contributed by atoms with van der Waals surface area (Å²) in [4.78, 5) is 20.4. The summed E-state index contributed by atoms with van der Waals surface area (Å²) in [5.74, 6) is 1.05. The van der Waals surface area contributed by atoms with Gasteiger partial charge in [0.2, 0.25) is 0 Å². The summed E-state index contributed by atoms with van der Waals surface area (Å²) in [7, 11) is 0. The molecule has 3 heterocycles. The summed E-state index contributed by atoms with van der Waals surface area (Å²) in [5.41, 5.74) is 2.68. The van der Waals surface area contributed by atoms with Gasteiger partial charge in [0, 0.05) is 38.1 Å². The zero-order valence-electron chi connectivity index (χ0n) is 17.6. The average Bonchev–Trinajstić information content (AvgIpc) is 3.51. The lowest BCUT2D eigenvalue weighted by atomic mass is 9.96. The van der Waals surface area contributed by atoms with Crippen molar-refractivity contribution in [1.82, 2.24) is 20.0 Å². The number of aliphatic imine (C=N–C) groups is 1. The van der Waals surface area contributed by atoms with Crippen molar-refractivity contribution in [3.63, 3.8) is 0 Å². The molecule has 1 saturated carbocycles. The molecule has 2 fully saturated rings. The molecule has 0 radical (unpaired) electrons. The molecule has 0 bridgehead atoms. The molecule has 7 heteroatoms. The summed E-state index contributed by atoms with van der Waals surface area (Å²) in [6, 6.07) is 10.6. The molecule has 2 aromatic rings. The number of rotatable bonds is 3. The zero-order chi connectivity index (χ0) is 20.6. The number of aryl methyl sites for hydroxylation is 1. The van der Waals surface area contributed by atoms with Crippen molar-refractivity contribution in [1.29, 1.82) is 0 Å². The van der Waals surface area contributed by atoms with Gasteiger partial charge in [0.25, 0.3) is 5.91 Å². The van der Waals surface area contributed by atoms with Crippen LogP contribution in [0.5, 0.6) is 0 Å². The van der Waals surface area contributed by atoms with Crippen LogP contribution in [0.4, 0.5) is 5.69 Å². The number of aromatic nitrogens is 2. The zero-order valence-corrected chi connectivity index (χ0v) is 17.6. The smallest absolute Gasteiger partial charge is 0.272 e. The molecular formula is C23H30N6O. The Morgan fingerprint density at radius 3 is 2.93 bits per heavy atom. The summed E-state index contributed by atoms with van der Waals surface area (Å²) in [6.45, 7) is 4.80. The van der Waals surface area contributed by atoms with Crippen LogP contribution in [0.1, 0.15) is 55.1 Å². The minimum Gasteiger partial charge on any atom is -0.342 e. The van der Waals surface area contributed by atoms with Crippen LogP contribution < -0.4 is 10.6 Å². The molecule has 1 amide bonds. The van der Waals surface area contributed by atoms with Gasteiger partial charge in [-0.3, -0.25) is 19.8 Å². The first kappa shape index (κ1) is 19.3. The minimum absolute atomic E-state index is 0.0509. The molecule has 0 unspecified atom stereocenters. The second kappa shape index (κ2) is 7.87. The molecule has 2 aliphatic heterocycles. The number of benzene rings is 1. The highest BCUT2D eigenvalue weighted by atomic mass is 16.2. The van der Waals surface area contributed by atoms with E-state index >= 15 is 0 Å². The van der Waals surface area contributed by atoms with Crippen LogP contribution in [0.2, 0.25) is 0 Å². The van der Waals surface area contributed by atoms with Gasteiger partial charge in [-0.1, -0.05) is 31.0 Å². The number of hydrogen-bond acceptors (Lipinski definition) is 4. The Hall–Kier alpha value is -2.67. The molecule has 3 aliphatic rings. The van der Waals surface area contributed by atoms with E-state index in [1.54, 1.807) is 10.9 Å². The van der Waals surface area contributed by atoms with Crippen molar-refractivity contribution < 1.29 is 4.79 Å². The van der Waals surface area contributed by atoms with E-state index in [2.05, 4.69) is 40.0 Å². The fourth-order valence-electron chi connectivity index (χ4n) is 5.01. The molecule has 7 nitrogen and oxygen atoms in total. The fraction of sp³-hybridized carbons (Fsp3) is 0.522. The number of anilines is 1. The number of nitrogens with one attached hydrogen (secondary N) is 2. The van der Waals surface area contributed by atoms with Gasteiger partial charge in [-0.15, -0.1) is 0 Å². The van der Waals surface area contributed by atoms with Crippen LogP contribution in [-0.2, 0) is 13.1 Å². The Morgan fingerprint density at radius 1 is 1.27 bits per heavy atom. The van der Waals surface area contributed by atoms with Crippen molar-refractivity contribution in [2.45, 2.75) is 63.7 Å².